The van der Waals surface area contributed by atoms with Crippen LogP contribution in [0, 0.1) is 0 Å². The van der Waals surface area contributed by atoms with Crippen LogP contribution in [0.3, 0.4) is 0 Å². The average molecular weight is 722 g/mol. The van der Waals surface area contributed by atoms with Crippen LogP contribution in [0.2, 0.25) is 0 Å². The molecule has 6 aromatic rings. The van der Waals surface area contributed by atoms with Crippen LogP contribution in [0.5, 0.6) is 28.7 Å². The Morgan fingerprint density at radius 2 is 0.780 bits per heavy atom. The van der Waals surface area contributed by atoms with Gasteiger partial charge in [0.2, 0.25) is 0 Å². The highest BCUT2D eigenvalue weighted by molar-refractivity contribution is 7.81. The lowest BCUT2D eigenvalue weighted by molar-refractivity contribution is 0.457. The molecule has 0 fully saturated rings. The molecule has 7 rings (SSSR count). The molecule has 1 aliphatic rings. The number of para-hydroxylation sites is 5. The fourth-order valence-electron chi connectivity index (χ4n) is 4.94. The fourth-order valence-corrected chi connectivity index (χ4v) is 15.0. The van der Waals surface area contributed by atoms with Gasteiger partial charge in [0, 0.05) is 12.7 Å². The van der Waals surface area contributed by atoms with Crippen LogP contribution in [0.25, 0.3) is 0 Å². The zero-order valence-corrected chi connectivity index (χ0v) is 29.8. The molecule has 1 atom stereocenters. The molecule has 50 heavy (non-hydrogen) atoms. The van der Waals surface area contributed by atoms with Crippen molar-refractivity contribution in [1.82, 2.24) is 4.98 Å². The van der Waals surface area contributed by atoms with Gasteiger partial charge < -0.3 is 22.6 Å². The summed E-state index contributed by atoms with van der Waals surface area (Å²) in [5, 5.41) is 0. The maximum atomic E-state index is 7.05. The average Bonchev–Trinajstić information content (AvgIpc) is 3.14. The van der Waals surface area contributed by atoms with E-state index in [4.69, 9.17) is 41.1 Å². The van der Waals surface area contributed by atoms with E-state index < -0.39 is 22.9 Å². The van der Waals surface area contributed by atoms with Crippen LogP contribution in [-0.4, -0.2) is 11.5 Å². The number of hydrogen-bond donors (Lipinski definition) is 0. The molecule has 0 bridgehead atoms. The van der Waals surface area contributed by atoms with Gasteiger partial charge >= 0.3 is 22.9 Å². The van der Waals surface area contributed by atoms with Gasteiger partial charge in [-0.2, -0.15) is 0 Å². The van der Waals surface area contributed by atoms with E-state index in [-0.39, 0.29) is 0 Å². The Bertz CT molecular complexity index is 1990. The monoisotopic (exact) mass is 721 g/mol. The van der Waals surface area contributed by atoms with Gasteiger partial charge in [-0.15, -0.1) is 9.03 Å². The van der Waals surface area contributed by atoms with E-state index in [9.17, 15) is 0 Å². The SMILES string of the molecule is CCN(c1ccccn1)P1(Oc2ccccc2)=NP(Oc2ccccc2)(Oc2ccccc2)=NP(Oc2ccccc2)(Oc2ccccc2)=N1. The summed E-state index contributed by atoms with van der Waals surface area (Å²) in [6.45, 7) is 2.39. The quantitative estimate of drug-likeness (QED) is 0.109. The highest BCUT2D eigenvalue weighted by Crippen LogP contribution is 2.79. The molecular formula is C37H34N5O5P3. The Labute approximate surface area is 292 Å². The summed E-state index contributed by atoms with van der Waals surface area (Å²) in [4.78, 5) is 4.73. The summed E-state index contributed by atoms with van der Waals surface area (Å²) in [7, 11) is -11.4. The number of pyridine rings is 1. The van der Waals surface area contributed by atoms with E-state index >= 15 is 0 Å². The van der Waals surface area contributed by atoms with Gasteiger partial charge in [-0.25, -0.2) is 4.98 Å². The summed E-state index contributed by atoms with van der Waals surface area (Å²) in [5.74, 6) is 3.07. The maximum absolute atomic E-state index is 7.05. The molecule has 252 valence electrons. The molecule has 13 heteroatoms. The second-order valence-corrected chi connectivity index (χ2v) is 17.2. The van der Waals surface area contributed by atoms with Crippen LogP contribution < -0.4 is 27.3 Å². The van der Waals surface area contributed by atoms with Gasteiger partial charge in [0.25, 0.3) is 0 Å². The van der Waals surface area contributed by atoms with Gasteiger partial charge in [-0.1, -0.05) is 102 Å². The molecule has 0 radical (unpaired) electrons. The third-order valence-corrected chi connectivity index (χ3v) is 15.9. The molecule has 1 aliphatic heterocycles. The number of rotatable bonds is 13. The van der Waals surface area contributed by atoms with Crippen LogP contribution in [0.1, 0.15) is 6.92 Å². The molecule has 2 heterocycles. The third-order valence-electron chi connectivity index (χ3n) is 7.05. The normalized spacial score (nSPS) is 17.1. The van der Waals surface area contributed by atoms with Gasteiger partial charge in [0.1, 0.15) is 34.6 Å². The van der Waals surface area contributed by atoms with Gasteiger partial charge in [-0.3, -0.25) is 4.67 Å². The van der Waals surface area contributed by atoms with Crippen molar-refractivity contribution in [2.45, 2.75) is 6.92 Å². The molecule has 0 saturated carbocycles. The summed E-state index contributed by atoms with van der Waals surface area (Å²) in [6, 6.07) is 52.4. The Morgan fingerprint density at radius 3 is 1.14 bits per heavy atom. The first-order chi connectivity index (χ1) is 24.6. The van der Waals surface area contributed by atoms with Crippen LogP contribution in [0.15, 0.2) is 190 Å². The van der Waals surface area contributed by atoms with Crippen LogP contribution in [0.4, 0.5) is 5.82 Å². The topological polar surface area (TPSA) is 99.4 Å². The van der Waals surface area contributed by atoms with Crippen LogP contribution in [-0.2, 0) is 0 Å². The van der Waals surface area contributed by atoms with E-state index in [0.29, 0.717) is 41.1 Å². The molecule has 1 unspecified atom stereocenters. The molecule has 10 nitrogen and oxygen atoms in total. The van der Waals surface area contributed by atoms with E-state index in [0.717, 1.165) is 0 Å². The van der Waals surface area contributed by atoms with Crippen molar-refractivity contribution < 1.29 is 22.6 Å². The Hall–Kier alpha value is -5.26. The molecule has 0 spiro atoms. The van der Waals surface area contributed by atoms with E-state index in [1.807, 2.05) is 181 Å². The number of anilines is 1. The minimum Gasteiger partial charge on any atom is -0.426 e. The number of hydrogen-bond acceptors (Lipinski definition) is 10. The standard InChI is InChI=1S/C37H34N5O5P3/c1-2-42(37-30-18-19-31-38-37)48(43-32-20-8-3-9-21-32)39-49(44-33-22-10-4-11-23-33,45-34-24-12-5-13-25-34)41-50(40-48,46-35-26-14-6-15-27-35)47-36-28-16-7-17-29-36/h3-31H,2H2,1H3. The summed E-state index contributed by atoms with van der Waals surface area (Å²) in [5.41, 5.74) is 0. The minimum absolute atomic E-state index is 0.401. The van der Waals surface area contributed by atoms with Crippen molar-refractivity contribution in [2.24, 2.45) is 13.5 Å². The largest absolute Gasteiger partial charge is 0.459 e. The minimum atomic E-state index is -3.86. The van der Waals surface area contributed by atoms with E-state index in [2.05, 4.69) is 0 Å². The second kappa shape index (κ2) is 15.1. The van der Waals surface area contributed by atoms with Crippen molar-refractivity contribution in [2.75, 3.05) is 11.2 Å². The van der Waals surface area contributed by atoms with E-state index in [1.54, 1.807) is 6.20 Å². The van der Waals surface area contributed by atoms with Gasteiger partial charge in [0.15, 0.2) is 0 Å². The Morgan fingerprint density at radius 1 is 0.420 bits per heavy atom. The van der Waals surface area contributed by atoms with E-state index in [1.165, 1.54) is 0 Å². The van der Waals surface area contributed by atoms with Crippen molar-refractivity contribution in [3.05, 3.63) is 176 Å². The number of nitrogens with zero attached hydrogens (tertiary/aromatic N) is 5. The highest BCUT2D eigenvalue weighted by atomic mass is 31.3. The Balaban J connectivity index is 1.60. The van der Waals surface area contributed by atoms with Gasteiger partial charge in [-0.05, 0) is 79.7 Å². The molecule has 0 aliphatic carbocycles. The molecule has 0 amide bonds. The van der Waals surface area contributed by atoms with Crippen molar-refractivity contribution in [3.8, 4) is 28.7 Å². The lowest BCUT2D eigenvalue weighted by Gasteiger charge is -2.38. The van der Waals surface area contributed by atoms with Crippen LogP contribution >= 0.6 is 22.9 Å². The smallest absolute Gasteiger partial charge is 0.426 e. The molecule has 0 N–H and O–H groups in total. The Kier molecular flexibility index (Phi) is 10.0. The molecule has 5 aromatic carbocycles. The summed E-state index contributed by atoms with van der Waals surface area (Å²) >= 11 is 0. The summed E-state index contributed by atoms with van der Waals surface area (Å²) in [6.07, 6.45) is 1.72. The fraction of sp³-hybridized carbons (Fsp3) is 0.0541. The number of aromatic nitrogens is 1. The van der Waals surface area contributed by atoms with Crippen molar-refractivity contribution >= 4 is 28.7 Å². The lowest BCUT2D eigenvalue weighted by Crippen LogP contribution is -2.24. The van der Waals surface area contributed by atoms with Crippen molar-refractivity contribution in [3.63, 3.8) is 0 Å². The third kappa shape index (κ3) is 7.79. The first-order valence-electron chi connectivity index (χ1n) is 15.9. The highest BCUT2D eigenvalue weighted by Gasteiger charge is 2.49. The second-order valence-electron chi connectivity index (χ2n) is 10.7. The molecular weight excluding hydrogens is 687 g/mol. The first-order valence-corrected chi connectivity index (χ1v) is 20.5. The predicted octanol–water partition coefficient (Wildman–Crippen LogP) is 12.2. The lowest BCUT2D eigenvalue weighted by atomic mass is 10.3. The zero-order valence-electron chi connectivity index (χ0n) is 27.1. The predicted molar refractivity (Wildman–Crippen MR) is 201 cm³/mol. The molecule has 1 aromatic heterocycles. The maximum Gasteiger partial charge on any atom is 0.459 e. The van der Waals surface area contributed by atoms with Gasteiger partial charge in [0.05, 0.1) is 0 Å². The number of benzene rings is 5. The summed E-state index contributed by atoms with van der Waals surface area (Å²) < 4.78 is 52.6. The molecule has 0 saturated heterocycles. The first kappa shape index (κ1) is 33.2. The van der Waals surface area contributed by atoms with Crippen molar-refractivity contribution in [1.29, 1.82) is 0 Å². The zero-order chi connectivity index (χ0) is 34.1.